The molecule has 2 aliphatic heterocycles. The average Bonchev–Trinajstić information content (AvgIpc) is 3.48. The van der Waals surface area contributed by atoms with Crippen LogP contribution in [0.2, 0.25) is 4.34 Å². The Hall–Kier alpha value is -2.77. The highest BCUT2D eigenvalue weighted by atomic mass is 35.5. The van der Waals surface area contributed by atoms with E-state index in [9.17, 15) is 9.59 Å². The van der Waals surface area contributed by atoms with Crippen LogP contribution in [0.3, 0.4) is 0 Å². The molecule has 2 aliphatic rings. The van der Waals surface area contributed by atoms with Crippen LogP contribution in [0.4, 0.5) is 0 Å². The van der Waals surface area contributed by atoms with Gasteiger partial charge < -0.3 is 19.0 Å². The van der Waals surface area contributed by atoms with Crippen LogP contribution in [0.1, 0.15) is 45.4 Å². The molecule has 8 heteroatoms. The normalized spacial score (nSPS) is 21.2. The average molecular weight is 485 g/mol. The Bertz CT molecular complexity index is 1170. The molecule has 33 heavy (non-hydrogen) atoms. The van der Waals surface area contributed by atoms with E-state index in [0.717, 1.165) is 21.8 Å². The summed E-state index contributed by atoms with van der Waals surface area (Å²) in [6.45, 7) is 5.18. The Balaban J connectivity index is 1.33. The summed E-state index contributed by atoms with van der Waals surface area (Å²) in [4.78, 5) is 30.7. The standard InChI is InChI=1S/C25H25ClN2O4S/c1-15-5-6-18(16(2)14-15)32-23-22(20-7-8-21(26)33-20)28(25(23)30)17-9-11-27(12-10-17)24(29)19-4-3-13-31-19/h3-8,13-14,17,22-23H,9-12H2,1-2H3/t22-,23+/m0/s1. The Morgan fingerprint density at radius 3 is 2.58 bits per heavy atom. The number of aryl methyl sites for hydroxylation is 2. The smallest absolute Gasteiger partial charge is 0.289 e. The first-order valence-electron chi connectivity index (χ1n) is 11.1. The Kier molecular flexibility index (Phi) is 5.93. The number of carbonyl (C=O) groups is 2. The molecule has 2 fully saturated rings. The lowest BCUT2D eigenvalue weighted by molar-refractivity contribution is -0.170. The van der Waals surface area contributed by atoms with E-state index in [1.54, 1.807) is 17.0 Å². The van der Waals surface area contributed by atoms with Gasteiger partial charge in [-0.05, 0) is 62.6 Å². The minimum absolute atomic E-state index is 0.0136. The maximum atomic E-state index is 13.3. The van der Waals surface area contributed by atoms with E-state index in [0.29, 0.717) is 36.0 Å². The van der Waals surface area contributed by atoms with Gasteiger partial charge in [0.25, 0.3) is 11.8 Å². The molecule has 0 radical (unpaired) electrons. The molecule has 172 valence electrons. The third-order valence-electron chi connectivity index (χ3n) is 6.43. The van der Waals surface area contributed by atoms with Crippen molar-refractivity contribution in [2.24, 2.45) is 0 Å². The molecule has 2 saturated heterocycles. The number of carbonyl (C=O) groups excluding carboxylic acids is 2. The number of thiophene rings is 1. The number of likely N-dealkylation sites (tertiary alicyclic amines) is 2. The van der Waals surface area contributed by atoms with Crippen molar-refractivity contribution >= 4 is 34.8 Å². The summed E-state index contributed by atoms with van der Waals surface area (Å²) in [5.74, 6) is 0.956. The fourth-order valence-electron chi connectivity index (χ4n) is 4.75. The topological polar surface area (TPSA) is 63.0 Å². The molecule has 4 heterocycles. The molecule has 0 saturated carbocycles. The molecule has 0 aliphatic carbocycles. The van der Waals surface area contributed by atoms with Gasteiger partial charge in [-0.2, -0.15) is 0 Å². The Morgan fingerprint density at radius 2 is 1.94 bits per heavy atom. The van der Waals surface area contributed by atoms with Gasteiger partial charge in [0.1, 0.15) is 11.8 Å². The molecule has 0 bridgehead atoms. The van der Waals surface area contributed by atoms with Crippen molar-refractivity contribution in [2.45, 2.75) is 44.9 Å². The van der Waals surface area contributed by atoms with Gasteiger partial charge in [0.15, 0.2) is 5.76 Å². The van der Waals surface area contributed by atoms with Gasteiger partial charge in [-0.3, -0.25) is 9.59 Å². The van der Waals surface area contributed by atoms with E-state index in [4.69, 9.17) is 20.8 Å². The largest absolute Gasteiger partial charge is 0.478 e. The number of piperidine rings is 1. The number of hydrogen-bond donors (Lipinski definition) is 0. The lowest BCUT2D eigenvalue weighted by Gasteiger charge is -2.51. The van der Waals surface area contributed by atoms with E-state index in [1.807, 2.05) is 43.0 Å². The summed E-state index contributed by atoms with van der Waals surface area (Å²) in [7, 11) is 0. The van der Waals surface area contributed by atoms with Crippen LogP contribution in [-0.4, -0.2) is 46.8 Å². The molecular weight excluding hydrogens is 460 g/mol. The highest BCUT2D eigenvalue weighted by Gasteiger charge is 2.54. The highest BCUT2D eigenvalue weighted by molar-refractivity contribution is 7.16. The fraction of sp³-hybridized carbons (Fsp3) is 0.360. The van der Waals surface area contributed by atoms with E-state index in [2.05, 4.69) is 6.07 Å². The molecule has 3 aromatic rings. The first kappa shape index (κ1) is 22.0. The van der Waals surface area contributed by atoms with Crippen molar-refractivity contribution in [1.29, 1.82) is 0 Å². The summed E-state index contributed by atoms with van der Waals surface area (Å²) in [6.07, 6.45) is 2.35. The number of furan rings is 1. The van der Waals surface area contributed by atoms with Crippen LogP contribution in [0.5, 0.6) is 5.75 Å². The zero-order valence-electron chi connectivity index (χ0n) is 18.5. The van der Waals surface area contributed by atoms with E-state index >= 15 is 0 Å². The number of hydrogen-bond acceptors (Lipinski definition) is 5. The second-order valence-corrected chi connectivity index (χ2v) is 10.4. The zero-order valence-corrected chi connectivity index (χ0v) is 20.1. The molecule has 0 N–H and O–H groups in total. The van der Waals surface area contributed by atoms with Crippen LogP contribution >= 0.6 is 22.9 Å². The van der Waals surface area contributed by atoms with Crippen molar-refractivity contribution in [3.05, 3.63) is 74.8 Å². The molecule has 1 aromatic carbocycles. The number of nitrogens with zero attached hydrogens (tertiary/aromatic N) is 2. The van der Waals surface area contributed by atoms with Gasteiger partial charge >= 0.3 is 0 Å². The molecule has 0 spiro atoms. The molecule has 2 amide bonds. The SMILES string of the molecule is Cc1ccc(O[C@H]2C(=O)N(C3CCN(C(=O)c4ccco4)CC3)[C@H]2c2ccc(Cl)s2)c(C)c1. The van der Waals surface area contributed by atoms with Crippen molar-refractivity contribution in [3.63, 3.8) is 0 Å². The quantitative estimate of drug-likeness (QED) is 0.464. The second kappa shape index (κ2) is 8.88. The van der Waals surface area contributed by atoms with Crippen LogP contribution < -0.4 is 4.74 Å². The minimum Gasteiger partial charge on any atom is -0.478 e. The van der Waals surface area contributed by atoms with Gasteiger partial charge in [-0.1, -0.05) is 29.3 Å². The molecule has 5 rings (SSSR count). The molecule has 6 nitrogen and oxygen atoms in total. The number of rotatable bonds is 5. The predicted molar refractivity (Wildman–Crippen MR) is 127 cm³/mol. The second-order valence-electron chi connectivity index (χ2n) is 8.64. The predicted octanol–water partition coefficient (Wildman–Crippen LogP) is 5.25. The minimum atomic E-state index is -0.580. The number of ether oxygens (including phenoxy) is 1. The first-order chi connectivity index (χ1) is 15.9. The van der Waals surface area contributed by atoms with Gasteiger partial charge in [0, 0.05) is 24.0 Å². The Labute approximate surface area is 201 Å². The third-order valence-corrected chi connectivity index (χ3v) is 7.73. The number of amides is 2. The summed E-state index contributed by atoms with van der Waals surface area (Å²) in [6, 6.07) is 13.1. The monoisotopic (exact) mass is 484 g/mol. The van der Waals surface area contributed by atoms with Crippen molar-refractivity contribution in [3.8, 4) is 5.75 Å². The first-order valence-corrected chi connectivity index (χ1v) is 12.3. The molecule has 2 atom stereocenters. The van der Waals surface area contributed by atoms with E-state index in [-0.39, 0.29) is 23.9 Å². The lowest BCUT2D eigenvalue weighted by Crippen LogP contribution is -2.65. The molecule has 2 aromatic heterocycles. The van der Waals surface area contributed by atoms with Crippen molar-refractivity contribution < 1.29 is 18.7 Å². The van der Waals surface area contributed by atoms with E-state index in [1.165, 1.54) is 17.6 Å². The maximum Gasteiger partial charge on any atom is 0.289 e. The lowest BCUT2D eigenvalue weighted by atomic mass is 9.89. The molecule has 0 unspecified atom stereocenters. The summed E-state index contributed by atoms with van der Waals surface area (Å²) < 4.78 is 12.2. The number of halogens is 1. The third kappa shape index (κ3) is 4.15. The number of benzene rings is 1. The van der Waals surface area contributed by atoms with Gasteiger partial charge in [-0.25, -0.2) is 0 Å². The van der Waals surface area contributed by atoms with Crippen LogP contribution in [0.25, 0.3) is 0 Å². The van der Waals surface area contributed by atoms with E-state index < -0.39 is 6.10 Å². The van der Waals surface area contributed by atoms with Gasteiger partial charge in [0.05, 0.1) is 10.6 Å². The fourth-order valence-corrected chi connectivity index (χ4v) is 5.94. The summed E-state index contributed by atoms with van der Waals surface area (Å²) >= 11 is 7.71. The Morgan fingerprint density at radius 1 is 1.15 bits per heavy atom. The van der Waals surface area contributed by atoms with Gasteiger partial charge in [-0.15, -0.1) is 11.3 Å². The zero-order chi connectivity index (χ0) is 23.1. The number of β-lactam (4-membered cyclic amide) rings is 1. The molecular formula is C25H25ClN2O4S. The van der Waals surface area contributed by atoms with Crippen LogP contribution in [0, 0.1) is 13.8 Å². The summed E-state index contributed by atoms with van der Waals surface area (Å²) in [5.41, 5.74) is 2.16. The summed E-state index contributed by atoms with van der Waals surface area (Å²) in [5, 5.41) is 0. The van der Waals surface area contributed by atoms with Crippen molar-refractivity contribution in [1.82, 2.24) is 9.80 Å². The van der Waals surface area contributed by atoms with Gasteiger partial charge in [0.2, 0.25) is 6.10 Å². The maximum absolute atomic E-state index is 13.3. The highest BCUT2D eigenvalue weighted by Crippen LogP contribution is 2.44. The van der Waals surface area contributed by atoms with Crippen LogP contribution in [0.15, 0.2) is 53.1 Å². The van der Waals surface area contributed by atoms with Crippen molar-refractivity contribution in [2.75, 3.05) is 13.1 Å². The van der Waals surface area contributed by atoms with Crippen LogP contribution in [-0.2, 0) is 4.79 Å².